The maximum atomic E-state index is 13.6. The van der Waals surface area contributed by atoms with Gasteiger partial charge in [0.15, 0.2) is 11.4 Å². The Hall–Kier alpha value is -5.63. The Bertz CT molecular complexity index is 1760. The number of aromatic hydroxyl groups is 1. The summed E-state index contributed by atoms with van der Waals surface area (Å²) in [6.07, 6.45) is 1.59. The van der Waals surface area contributed by atoms with E-state index in [2.05, 4.69) is 10.6 Å². The van der Waals surface area contributed by atoms with Crippen molar-refractivity contribution in [3.63, 3.8) is 0 Å². The summed E-state index contributed by atoms with van der Waals surface area (Å²) in [6, 6.07) is 33.9. The van der Waals surface area contributed by atoms with Gasteiger partial charge in [-0.3, -0.25) is 9.59 Å². The largest absolute Gasteiger partial charge is 0.502 e. The molecule has 4 aromatic carbocycles. The molecule has 8 heteroatoms. The van der Waals surface area contributed by atoms with Gasteiger partial charge in [0.25, 0.3) is 5.91 Å². The van der Waals surface area contributed by atoms with E-state index in [1.165, 1.54) is 12.1 Å². The van der Waals surface area contributed by atoms with Gasteiger partial charge in [0.1, 0.15) is 5.69 Å². The molecular weight excluding hydrogens is 530 g/mol. The molecule has 2 heterocycles. The fourth-order valence-corrected chi connectivity index (χ4v) is 5.68. The Morgan fingerprint density at radius 3 is 1.88 bits per heavy atom. The third kappa shape index (κ3) is 4.90. The molecule has 0 unspecified atom stereocenters. The molecule has 42 heavy (non-hydrogen) atoms. The average Bonchev–Trinajstić information content (AvgIpc) is 3.02. The van der Waals surface area contributed by atoms with E-state index in [-0.39, 0.29) is 22.9 Å². The molecule has 0 spiro atoms. The van der Waals surface area contributed by atoms with Crippen molar-refractivity contribution in [3.05, 3.63) is 160 Å². The van der Waals surface area contributed by atoms with Crippen LogP contribution >= 0.6 is 0 Å². The molecule has 1 amide bonds. The minimum atomic E-state index is -1.05. The van der Waals surface area contributed by atoms with Crippen LogP contribution < -0.4 is 16.1 Å². The number of nitrogens with one attached hydrogen (secondary N) is 2. The molecule has 6 rings (SSSR count). The number of fused-ring (bicyclic) bond motifs is 1. The Balaban J connectivity index is 1.61. The number of rotatable bonds is 7. The second kappa shape index (κ2) is 11.1. The summed E-state index contributed by atoms with van der Waals surface area (Å²) in [5.74, 6) is -2.67. The Morgan fingerprint density at radius 1 is 0.786 bits per heavy atom. The van der Waals surface area contributed by atoms with E-state index in [0.29, 0.717) is 11.3 Å². The number of pyridine rings is 1. The summed E-state index contributed by atoms with van der Waals surface area (Å²) < 4.78 is 1.68. The number of carboxylic acids is 1. The number of nitrogens with zero attached hydrogens (tertiary/aromatic N) is 1. The van der Waals surface area contributed by atoms with Crippen LogP contribution in [-0.4, -0.2) is 26.7 Å². The highest BCUT2D eigenvalue weighted by atomic mass is 16.4. The van der Waals surface area contributed by atoms with Crippen LogP contribution in [0.15, 0.2) is 126 Å². The van der Waals surface area contributed by atoms with Gasteiger partial charge in [0.2, 0.25) is 5.43 Å². The third-order valence-corrected chi connectivity index (χ3v) is 7.60. The van der Waals surface area contributed by atoms with Gasteiger partial charge in [0, 0.05) is 17.8 Å². The average molecular weight is 558 g/mol. The standard InChI is InChI=1S/C34H27N3O5/c38-31-26(35-25-14-8-3-9-15-25)20-37-29(27(21-10-4-1-5-11-21)22-12-6-2-7-13-22)28(36-33(40)30(37)32(31)39)23-16-18-24(19-17-23)34(41)42/h1-20,27-29,35,39H,(H,36,40)(H,41,42)/t28-,29-/m0/s1. The van der Waals surface area contributed by atoms with Crippen LogP contribution in [0.2, 0.25) is 0 Å². The molecule has 4 N–H and O–H groups in total. The first-order valence-electron chi connectivity index (χ1n) is 13.5. The number of carboxylic acid groups (broad SMARTS) is 1. The minimum absolute atomic E-state index is 0.113. The fourth-order valence-electron chi connectivity index (χ4n) is 5.68. The van der Waals surface area contributed by atoms with Gasteiger partial charge in [0.05, 0.1) is 17.6 Å². The lowest BCUT2D eigenvalue weighted by Gasteiger charge is -2.41. The summed E-state index contributed by atoms with van der Waals surface area (Å²) in [5, 5.41) is 26.8. The predicted octanol–water partition coefficient (Wildman–Crippen LogP) is 5.85. The Labute approximate surface area is 241 Å². The third-order valence-electron chi connectivity index (χ3n) is 7.60. The topological polar surface area (TPSA) is 121 Å². The van der Waals surface area contributed by atoms with Gasteiger partial charge in [-0.1, -0.05) is 91.0 Å². The molecule has 208 valence electrons. The van der Waals surface area contributed by atoms with Crippen molar-refractivity contribution in [1.29, 1.82) is 0 Å². The van der Waals surface area contributed by atoms with Crippen LogP contribution in [0.1, 0.15) is 55.5 Å². The minimum Gasteiger partial charge on any atom is -0.502 e. The van der Waals surface area contributed by atoms with Crippen LogP contribution in [0, 0.1) is 0 Å². The van der Waals surface area contributed by atoms with E-state index in [4.69, 9.17) is 0 Å². The van der Waals surface area contributed by atoms with Crippen molar-refractivity contribution in [2.75, 3.05) is 5.32 Å². The van der Waals surface area contributed by atoms with Crippen LogP contribution in [-0.2, 0) is 0 Å². The highest BCUT2D eigenvalue weighted by Gasteiger charge is 2.42. The van der Waals surface area contributed by atoms with Crippen LogP contribution in [0.3, 0.4) is 0 Å². The molecule has 5 aromatic rings. The molecule has 0 bridgehead atoms. The summed E-state index contributed by atoms with van der Waals surface area (Å²) in [6.45, 7) is 0. The molecule has 0 radical (unpaired) electrons. The Kier molecular flexibility index (Phi) is 7.02. The summed E-state index contributed by atoms with van der Waals surface area (Å²) in [7, 11) is 0. The van der Waals surface area contributed by atoms with Gasteiger partial charge in [-0.25, -0.2) is 4.79 Å². The lowest BCUT2D eigenvalue weighted by Crippen LogP contribution is -2.45. The molecule has 0 aliphatic carbocycles. The zero-order chi connectivity index (χ0) is 29.2. The van der Waals surface area contributed by atoms with Gasteiger partial charge in [-0.05, 0) is 41.0 Å². The normalized spacial score (nSPS) is 16.0. The molecule has 0 saturated carbocycles. The number of carbonyl (C=O) groups is 2. The number of amides is 1. The number of para-hydroxylation sites is 1. The summed E-state index contributed by atoms with van der Waals surface area (Å²) >= 11 is 0. The second-order valence-corrected chi connectivity index (χ2v) is 10.1. The van der Waals surface area contributed by atoms with Crippen LogP contribution in [0.25, 0.3) is 0 Å². The van der Waals surface area contributed by atoms with E-state index in [1.54, 1.807) is 35.0 Å². The van der Waals surface area contributed by atoms with E-state index in [9.17, 15) is 24.6 Å². The fraction of sp³-hybridized carbons (Fsp3) is 0.0882. The van der Waals surface area contributed by atoms with Crippen molar-refractivity contribution in [2.45, 2.75) is 18.0 Å². The van der Waals surface area contributed by atoms with Crippen molar-refractivity contribution in [2.24, 2.45) is 0 Å². The number of hydrogen-bond acceptors (Lipinski definition) is 5. The van der Waals surface area contributed by atoms with Crippen molar-refractivity contribution < 1.29 is 19.8 Å². The van der Waals surface area contributed by atoms with Gasteiger partial charge in [-0.15, -0.1) is 0 Å². The number of benzene rings is 4. The van der Waals surface area contributed by atoms with Crippen molar-refractivity contribution in [1.82, 2.24) is 9.88 Å². The SMILES string of the molecule is O=C(O)c1ccc([C@@H]2NC(=O)c3c(O)c(=O)c(Nc4ccccc4)cn3[C@H]2C(c2ccccc2)c2ccccc2)cc1. The first-order chi connectivity index (χ1) is 20.4. The molecule has 0 saturated heterocycles. The molecule has 8 nitrogen and oxygen atoms in total. The molecule has 1 aromatic heterocycles. The lowest BCUT2D eigenvalue weighted by atomic mass is 9.78. The maximum absolute atomic E-state index is 13.6. The van der Waals surface area contributed by atoms with E-state index < -0.39 is 35.1 Å². The van der Waals surface area contributed by atoms with Crippen LogP contribution in [0.5, 0.6) is 5.75 Å². The number of aromatic nitrogens is 1. The van der Waals surface area contributed by atoms with Crippen molar-refractivity contribution in [3.8, 4) is 5.75 Å². The van der Waals surface area contributed by atoms with Gasteiger partial charge >= 0.3 is 5.97 Å². The summed E-state index contributed by atoms with van der Waals surface area (Å²) in [4.78, 5) is 38.4. The molecule has 1 aliphatic rings. The van der Waals surface area contributed by atoms with Crippen LogP contribution in [0.4, 0.5) is 11.4 Å². The van der Waals surface area contributed by atoms with E-state index in [1.807, 2.05) is 78.9 Å². The lowest BCUT2D eigenvalue weighted by molar-refractivity contribution is 0.0696. The monoisotopic (exact) mass is 557 g/mol. The molecular formula is C34H27N3O5. The quantitative estimate of drug-likeness (QED) is 0.199. The smallest absolute Gasteiger partial charge is 0.335 e. The maximum Gasteiger partial charge on any atom is 0.335 e. The summed E-state index contributed by atoms with van der Waals surface area (Å²) in [5.41, 5.74) is 2.64. The van der Waals surface area contributed by atoms with Gasteiger partial charge < -0.3 is 25.4 Å². The van der Waals surface area contributed by atoms with E-state index >= 15 is 0 Å². The zero-order valence-corrected chi connectivity index (χ0v) is 22.3. The van der Waals surface area contributed by atoms with Crippen molar-refractivity contribution >= 4 is 23.3 Å². The zero-order valence-electron chi connectivity index (χ0n) is 22.3. The number of aromatic carboxylic acids is 1. The van der Waals surface area contributed by atoms with E-state index in [0.717, 1.165) is 11.1 Å². The number of anilines is 2. The number of carbonyl (C=O) groups excluding carboxylic acids is 1. The highest BCUT2D eigenvalue weighted by molar-refractivity contribution is 5.97. The molecule has 2 atom stereocenters. The van der Waals surface area contributed by atoms with Gasteiger partial charge in [-0.2, -0.15) is 0 Å². The number of hydrogen-bond donors (Lipinski definition) is 4. The molecule has 1 aliphatic heterocycles. The second-order valence-electron chi connectivity index (χ2n) is 10.1. The predicted molar refractivity (Wildman–Crippen MR) is 159 cm³/mol. The highest BCUT2D eigenvalue weighted by Crippen LogP contribution is 2.46. The first kappa shape index (κ1) is 26.6. The first-order valence-corrected chi connectivity index (χ1v) is 13.5. The Morgan fingerprint density at radius 2 is 1.33 bits per heavy atom. The molecule has 0 fully saturated rings.